The standard InChI is InChI=1S/C15H28N4O2/c1-7-12-16-13(8-2)19(18-12)10-9-15(5,14(20)21-6)17-11(3)4/h11,17H,7-10H2,1-6H3. The maximum Gasteiger partial charge on any atom is 0.325 e. The number of hydrogen-bond donors (Lipinski definition) is 1. The van der Waals surface area contributed by atoms with Crippen LogP contribution in [-0.2, 0) is 28.9 Å². The lowest BCUT2D eigenvalue weighted by molar-refractivity contribution is -0.148. The monoisotopic (exact) mass is 296 g/mol. The van der Waals surface area contributed by atoms with Crippen LogP contribution in [0.3, 0.4) is 0 Å². The second-order valence-electron chi connectivity index (χ2n) is 5.75. The van der Waals surface area contributed by atoms with Crippen molar-refractivity contribution >= 4 is 5.97 Å². The zero-order valence-electron chi connectivity index (χ0n) is 14.1. The van der Waals surface area contributed by atoms with Crippen molar-refractivity contribution in [1.82, 2.24) is 20.1 Å². The summed E-state index contributed by atoms with van der Waals surface area (Å²) in [6.07, 6.45) is 2.26. The van der Waals surface area contributed by atoms with Crippen LogP contribution in [0.2, 0.25) is 0 Å². The molecule has 1 heterocycles. The lowest BCUT2D eigenvalue weighted by atomic mass is 9.96. The highest BCUT2D eigenvalue weighted by molar-refractivity contribution is 5.80. The van der Waals surface area contributed by atoms with Gasteiger partial charge in [0.05, 0.1) is 7.11 Å². The first-order valence-corrected chi connectivity index (χ1v) is 7.65. The summed E-state index contributed by atoms with van der Waals surface area (Å²) in [5, 5.41) is 7.79. The average molecular weight is 296 g/mol. The van der Waals surface area contributed by atoms with E-state index in [2.05, 4.69) is 22.3 Å². The van der Waals surface area contributed by atoms with E-state index in [0.717, 1.165) is 24.5 Å². The summed E-state index contributed by atoms with van der Waals surface area (Å²) in [7, 11) is 1.42. The SMILES string of the molecule is CCc1nc(CC)n(CCC(C)(NC(C)C)C(=O)OC)n1. The highest BCUT2D eigenvalue weighted by atomic mass is 16.5. The van der Waals surface area contributed by atoms with Crippen LogP contribution in [0.5, 0.6) is 0 Å². The summed E-state index contributed by atoms with van der Waals surface area (Å²) in [4.78, 5) is 16.6. The molecule has 0 bridgehead atoms. The van der Waals surface area contributed by atoms with Crippen molar-refractivity contribution in [1.29, 1.82) is 0 Å². The van der Waals surface area contributed by atoms with Crippen LogP contribution in [0.25, 0.3) is 0 Å². The van der Waals surface area contributed by atoms with Crippen molar-refractivity contribution < 1.29 is 9.53 Å². The Balaban J connectivity index is 2.86. The van der Waals surface area contributed by atoms with E-state index in [9.17, 15) is 4.79 Å². The van der Waals surface area contributed by atoms with Crippen molar-refractivity contribution in [2.75, 3.05) is 7.11 Å². The Morgan fingerprint density at radius 3 is 2.52 bits per heavy atom. The molecule has 120 valence electrons. The number of aryl methyl sites for hydroxylation is 3. The fourth-order valence-electron chi connectivity index (χ4n) is 2.44. The minimum Gasteiger partial charge on any atom is -0.468 e. The van der Waals surface area contributed by atoms with Gasteiger partial charge in [0, 0.05) is 25.4 Å². The zero-order chi connectivity index (χ0) is 16.0. The third-order valence-electron chi connectivity index (χ3n) is 3.49. The smallest absolute Gasteiger partial charge is 0.325 e. The Morgan fingerprint density at radius 2 is 2.05 bits per heavy atom. The van der Waals surface area contributed by atoms with Gasteiger partial charge in [-0.2, -0.15) is 5.10 Å². The molecule has 0 spiro atoms. The highest BCUT2D eigenvalue weighted by Crippen LogP contribution is 2.15. The van der Waals surface area contributed by atoms with E-state index in [0.29, 0.717) is 13.0 Å². The van der Waals surface area contributed by atoms with Gasteiger partial charge in [-0.15, -0.1) is 0 Å². The Morgan fingerprint density at radius 1 is 1.38 bits per heavy atom. The molecule has 1 aromatic rings. The topological polar surface area (TPSA) is 69.0 Å². The number of nitrogens with one attached hydrogen (secondary N) is 1. The number of hydrogen-bond acceptors (Lipinski definition) is 5. The molecule has 1 aromatic heterocycles. The van der Waals surface area contributed by atoms with Crippen LogP contribution in [0, 0.1) is 0 Å². The fourth-order valence-corrected chi connectivity index (χ4v) is 2.44. The molecule has 6 heteroatoms. The van der Waals surface area contributed by atoms with Gasteiger partial charge in [-0.3, -0.25) is 10.1 Å². The van der Waals surface area contributed by atoms with Crippen LogP contribution in [0.15, 0.2) is 0 Å². The Hall–Kier alpha value is -1.43. The highest BCUT2D eigenvalue weighted by Gasteiger charge is 2.34. The van der Waals surface area contributed by atoms with E-state index in [1.807, 2.05) is 32.4 Å². The molecule has 0 saturated heterocycles. The molecule has 0 aliphatic carbocycles. The molecular formula is C15H28N4O2. The van der Waals surface area contributed by atoms with Gasteiger partial charge >= 0.3 is 5.97 Å². The Kier molecular flexibility index (Phi) is 6.33. The van der Waals surface area contributed by atoms with E-state index >= 15 is 0 Å². The quantitative estimate of drug-likeness (QED) is 0.740. The first kappa shape index (κ1) is 17.6. The van der Waals surface area contributed by atoms with Gasteiger partial charge in [0.1, 0.15) is 11.4 Å². The van der Waals surface area contributed by atoms with Gasteiger partial charge < -0.3 is 4.74 Å². The molecule has 0 saturated carbocycles. The minimum atomic E-state index is -0.716. The minimum absolute atomic E-state index is 0.196. The van der Waals surface area contributed by atoms with Gasteiger partial charge in [0.2, 0.25) is 0 Å². The Bertz CT molecular complexity index is 470. The summed E-state index contributed by atoms with van der Waals surface area (Å²) in [6, 6.07) is 0.196. The van der Waals surface area contributed by atoms with Crippen molar-refractivity contribution in [3.63, 3.8) is 0 Å². The number of rotatable bonds is 8. The molecule has 0 aromatic carbocycles. The number of carbonyl (C=O) groups is 1. The van der Waals surface area contributed by atoms with Gasteiger partial charge in [-0.05, 0) is 27.2 Å². The van der Waals surface area contributed by atoms with Gasteiger partial charge in [-0.1, -0.05) is 13.8 Å². The summed E-state index contributed by atoms with van der Waals surface area (Å²) in [6.45, 7) is 10.7. The van der Waals surface area contributed by atoms with Crippen LogP contribution in [0.4, 0.5) is 0 Å². The van der Waals surface area contributed by atoms with Crippen molar-refractivity contribution in [2.45, 2.75) is 72.0 Å². The molecule has 21 heavy (non-hydrogen) atoms. The molecule has 1 rings (SSSR count). The number of methoxy groups -OCH3 is 1. The third-order valence-corrected chi connectivity index (χ3v) is 3.49. The van der Waals surface area contributed by atoms with E-state index in [1.165, 1.54) is 7.11 Å². The third kappa shape index (κ3) is 4.52. The molecule has 0 fully saturated rings. The van der Waals surface area contributed by atoms with Crippen LogP contribution in [-0.4, -0.2) is 39.4 Å². The second kappa shape index (κ2) is 7.54. The number of ether oxygens (including phenoxy) is 1. The molecule has 6 nitrogen and oxygen atoms in total. The predicted octanol–water partition coefficient (Wildman–Crippen LogP) is 1.72. The number of carbonyl (C=O) groups excluding carboxylic acids is 1. The molecule has 0 amide bonds. The maximum atomic E-state index is 12.1. The van der Waals surface area contributed by atoms with E-state index < -0.39 is 5.54 Å². The summed E-state index contributed by atoms with van der Waals surface area (Å²) < 4.78 is 6.85. The zero-order valence-corrected chi connectivity index (χ0v) is 14.1. The first-order valence-electron chi connectivity index (χ1n) is 7.65. The molecule has 0 aliphatic rings. The van der Waals surface area contributed by atoms with Crippen molar-refractivity contribution in [3.8, 4) is 0 Å². The predicted molar refractivity (Wildman–Crippen MR) is 82.1 cm³/mol. The van der Waals surface area contributed by atoms with E-state index in [4.69, 9.17) is 4.74 Å². The molecular weight excluding hydrogens is 268 g/mol. The largest absolute Gasteiger partial charge is 0.468 e. The molecule has 1 unspecified atom stereocenters. The number of esters is 1. The fraction of sp³-hybridized carbons (Fsp3) is 0.800. The normalized spacial score (nSPS) is 14.2. The molecule has 1 atom stereocenters. The number of aromatic nitrogens is 3. The number of nitrogens with zero attached hydrogens (tertiary/aromatic N) is 3. The van der Waals surface area contributed by atoms with Gasteiger partial charge in [0.25, 0.3) is 0 Å². The van der Waals surface area contributed by atoms with Gasteiger partial charge in [-0.25, -0.2) is 9.67 Å². The van der Waals surface area contributed by atoms with E-state index in [1.54, 1.807) is 0 Å². The lowest BCUT2D eigenvalue weighted by Crippen LogP contribution is -2.53. The van der Waals surface area contributed by atoms with Crippen LogP contribution < -0.4 is 5.32 Å². The lowest BCUT2D eigenvalue weighted by Gasteiger charge is -2.30. The summed E-state index contributed by atoms with van der Waals surface area (Å²) in [5.74, 6) is 1.57. The molecule has 0 radical (unpaired) electrons. The van der Waals surface area contributed by atoms with Crippen molar-refractivity contribution in [3.05, 3.63) is 11.6 Å². The second-order valence-corrected chi connectivity index (χ2v) is 5.75. The summed E-state index contributed by atoms with van der Waals surface area (Å²) in [5.41, 5.74) is -0.716. The summed E-state index contributed by atoms with van der Waals surface area (Å²) >= 11 is 0. The molecule has 0 aliphatic heterocycles. The van der Waals surface area contributed by atoms with Gasteiger partial charge in [0.15, 0.2) is 5.82 Å². The van der Waals surface area contributed by atoms with Crippen molar-refractivity contribution in [2.24, 2.45) is 0 Å². The average Bonchev–Trinajstić information content (AvgIpc) is 2.86. The van der Waals surface area contributed by atoms with E-state index in [-0.39, 0.29) is 12.0 Å². The first-order chi connectivity index (χ1) is 9.86. The van der Waals surface area contributed by atoms with Crippen LogP contribution >= 0.6 is 0 Å². The Labute approximate surface area is 127 Å². The maximum absolute atomic E-state index is 12.1. The molecule has 1 N–H and O–H groups in total. The van der Waals surface area contributed by atoms with Crippen LogP contribution in [0.1, 0.15) is 52.7 Å².